The Kier molecular flexibility index (Phi) is 5.79. The molecule has 1 N–H and O–H groups in total. The summed E-state index contributed by atoms with van der Waals surface area (Å²) in [5, 5.41) is 2.87. The smallest absolute Gasteiger partial charge is 0.270 e. The minimum absolute atomic E-state index is 0.0250. The van der Waals surface area contributed by atoms with Crippen molar-refractivity contribution in [3.05, 3.63) is 59.4 Å². The number of amides is 1. The minimum atomic E-state index is -2.94. The number of rotatable bonds is 6. The zero-order chi connectivity index (χ0) is 19.4. The van der Waals surface area contributed by atoms with Crippen molar-refractivity contribution in [2.24, 2.45) is 0 Å². The van der Waals surface area contributed by atoms with Gasteiger partial charge >= 0.3 is 0 Å². The number of sulfone groups is 1. The van der Waals surface area contributed by atoms with E-state index in [4.69, 9.17) is 0 Å². The summed E-state index contributed by atoms with van der Waals surface area (Å²) in [6.07, 6.45) is 2.28. The van der Waals surface area contributed by atoms with E-state index in [9.17, 15) is 13.2 Å². The minimum Gasteiger partial charge on any atom is -0.367 e. The van der Waals surface area contributed by atoms with Gasteiger partial charge in [-0.1, -0.05) is 29.8 Å². The van der Waals surface area contributed by atoms with Gasteiger partial charge in [-0.25, -0.2) is 13.4 Å². The van der Waals surface area contributed by atoms with E-state index in [2.05, 4.69) is 10.3 Å². The molecule has 144 valence electrons. The lowest BCUT2D eigenvalue weighted by molar-refractivity contribution is 0.0946. The molecular formula is C20H25N3O3S. The first kappa shape index (κ1) is 19.4. The normalized spacial score (nSPS) is 18.2. The van der Waals surface area contributed by atoms with Gasteiger partial charge in [-0.05, 0) is 38.0 Å². The molecule has 27 heavy (non-hydrogen) atoms. The Morgan fingerprint density at radius 3 is 2.52 bits per heavy atom. The van der Waals surface area contributed by atoms with Crippen molar-refractivity contribution in [1.82, 2.24) is 10.3 Å². The van der Waals surface area contributed by atoms with Crippen LogP contribution in [0.2, 0.25) is 0 Å². The number of pyridine rings is 1. The first-order chi connectivity index (χ1) is 12.9. The molecule has 1 fully saturated rings. The fraction of sp³-hybridized carbons (Fsp3) is 0.400. The van der Waals surface area contributed by atoms with Crippen molar-refractivity contribution >= 4 is 21.4 Å². The van der Waals surface area contributed by atoms with E-state index in [1.807, 2.05) is 49.1 Å². The van der Waals surface area contributed by atoms with Gasteiger partial charge in [-0.3, -0.25) is 4.79 Å². The average Bonchev–Trinajstić information content (AvgIpc) is 3.02. The van der Waals surface area contributed by atoms with E-state index in [-0.39, 0.29) is 23.5 Å². The second-order valence-corrected chi connectivity index (χ2v) is 9.14. The number of aromatic nitrogens is 1. The number of carbonyl (C=O) groups is 1. The van der Waals surface area contributed by atoms with Crippen LogP contribution < -0.4 is 10.2 Å². The van der Waals surface area contributed by atoms with Crippen molar-refractivity contribution in [1.29, 1.82) is 0 Å². The first-order valence-corrected chi connectivity index (χ1v) is 11.0. The lowest BCUT2D eigenvalue weighted by Gasteiger charge is -2.28. The molecule has 3 rings (SSSR count). The number of nitrogens with zero attached hydrogens (tertiary/aromatic N) is 2. The standard InChI is InChI=1S/C20H25N3O3S/c1-3-23(18-10-11-27(25,26)14-18)17-8-9-19(21-13-17)20(24)22-12-16-6-4-15(2)5-7-16/h4-9,13,18H,3,10-12,14H2,1-2H3,(H,22,24). The van der Waals surface area contributed by atoms with Crippen LogP contribution in [0.4, 0.5) is 5.69 Å². The summed E-state index contributed by atoms with van der Waals surface area (Å²) >= 11 is 0. The number of benzene rings is 1. The fourth-order valence-corrected chi connectivity index (χ4v) is 5.07. The maximum absolute atomic E-state index is 12.3. The molecule has 1 unspecified atom stereocenters. The summed E-state index contributed by atoms with van der Waals surface area (Å²) in [6.45, 7) is 5.16. The molecule has 0 bridgehead atoms. The van der Waals surface area contributed by atoms with Crippen LogP contribution in [0.3, 0.4) is 0 Å². The second kappa shape index (κ2) is 8.08. The highest BCUT2D eigenvalue weighted by molar-refractivity contribution is 7.91. The number of carbonyl (C=O) groups excluding carboxylic acids is 1. The van der Waals surface area contributed by atoms with Crippen LogP contribution in [0.5, 0.6) is 0 Å². The quantitative estimate of drug-likeness (QED) is 0.823. The molecule has 0 aliphatic carbocycles. The number of hydrogen-bond acceptors (Lipinski definition) is 5. The van der Waals surface area contributed by atoms with Gasteiger partial charge in [0, 0.05) is 19.1 Å². The summed E-state index contributed by atoms with van der Waals surface area (Å²) in [7, 11) is -2.94. The molecular weight excluding hydrogens is 362 g/mol. The van der Waals surface area contributed by atoms with Gasteiger partial charge < -0.3 is 10.2 Å². The van der Waals surface area contributed by atoms with Crippen molar-refractivity contribution in [3.8, 4) is 0 Å². The fourth-order valence-electron chi connectivity index (χ4n) is 3.34. The Morgan fingerprint density at radius 2 is 1.96 bits per heavy atom. The molecule has 1 aromatic carbocycles. The van der Waals surface area contributed by atoms with Gasteiger partial charge in [0.1, 0.15) is 5.69 Å². The Labute approximate surface area is 160 Å². The number of anilines is 1. The lowest BCUT2D eigenvalue weighted by atomic mass is 10.1. The van der Waals surface area contributed by atoms with Gasteiger partial charge in [-0.2, -0.15) is 0 Å². The van der Waals surface area contributed by atoms with Crippen molar-refractivity contribution in [2.45, 2.75) is 32.9 Å². The maximum atomic E-state index is 12.3. The van der Waals surface area contributed by atoms with E-state index in [1.165, 1.54) is 5.56 Å². The number of hydrogen-bond donors (Lipinski definition) is 1. The van der Waals surface area contributed by atoms with Gasteiger partial charge in [0.15, 0.2) is 9.84 Å². The van der Waals surface area contributed by atoms with E-state index in [1.54, 1.807) is 12.3 Å². The van der Waals surface area contributed by atoms with Crippen LogP contribution in [0.15, 0.2) is 42.6 Å². The maximum Gasteiger partial charge on any atom is 0.270 e. The molecule has 0 saturated carbocycles. The van der Waals surface area contributed by atoms with Gasteiger partial charge in [0.25, 0.3) is 5.91 Å². The molecule has 0 spiro atoms. The third kappa shape index (κ3) is 4.86. The lowest BCUT2D eigenvalue weighted by Crippen LogP contribution is -2.36. The third-order valence-electron chi connectivity index (χ3n) is 4.88. The highest BCUT2D eigenvalue weighted by Crippen LogP contribution is 2.23. The van der Waals surface area contributed by atoms with E-state index < -0.39 is 9.84 Å². The monoisotopic (exact) mass is 387 g/mol. The molecule has 1 aromatic heterocycles. The topological polar surface area (TPSA) is 79.4 Å². The van der Waals surface area contributed by atoms with Crippen LogP contribution in [-0.4, -0.2) is 43.4 Å². The van der Waals surface area contributed by atoms with Crippen molar-refractivity contribution < 1.29 is 13.2 Å². The van der Waals surface area contributed by atoms with Crippen LogP contribution >= 0.6 is 0 Å². The van der Waals surface area contributed by atoms with Gasteiger partial charge in [0.2, 0.25) is 0 Å². The van der Waals surface area contributed by atoms with E-state index in [0.717, 1.165) is 11.3 Å². The highest BCUT2D eigenvalue weighted by atomic mass is 32.2. The molecule has 7 heteroatoms. The Balaban J connectivity index is 1.63. The SMILES string of the molecule is CCN(c1ccc(C(=O)NCc2ccc(C)cc2)nc1)C1CCS(=O)(=O)C1. The highest BCUT2D eigenvalue weighted by Gasteiger charge is 2.32. The summed E-state index contributed by atoms with van der Waals surface area (Å²) in [5.74, 6) is 0.189. The zero-order valence-electron chi connectivity index (χ0n) is 15.7. The van der Waals surface area contributed by atoms with Crippen LogP contribution in [0, 0.1) is 6.92 Å². The molecule has 1 saturated heterocycles. The van der Waals surface area contributed by atoms with Gasteiger partial charge in [0.05, 0.1) is 23.4 Å². The molecule has 1 aliphatic heterocycles. The predicted octanol–water partition coefficient (Wildman–Crippen LogP) is 2.33. The number of aryl methyl sites for hydroxylation is 1. The molecule has 1 atom stereocenters. The van der Waals surface area contributed by atoms with E-state index >= 15 is 0 Å². The molecule has 1 aliphatic rings. The Hall–Kier alpha value is -2.41. The van der Waals surface area contributed by atoms with E-state index in [0.29, 0.717) is 25.2 Å². The van der Waals surface area contributed by atoms with Crippen molar-refractivity contribution in [3.63, 3.8) is 0 Å². The molecule has 0 radical (unpaired) electrons. The zero-order valence-corrected chi connectivity index (χ0v) is 16.5. The Bertz CT molecular complexity index is 893. The van der Waals surface area contributed by atoms with Crippen LogP contribution in [0.25, 0.3) is 0 Å². The third-order valence-corrected chi connectivity index (χ3v) is 6.63. The molecule has 2 aromatic rings. The van der Waals surface area contributed by atoms with Crippen molar-refractivity contribution in [2.75, 3.05) is 23.0 Å². The number of nitrogens with one attached hydrogen (secondary N) is 1. The second-order valence-electron chi connectivity index (χ2n) is 6.91. The Morgan fingerprint density at radius 1 is 1.22 bits per heavy atom. The van der Waals surface area contributed by atoms with Crippen LogP contribution in [-0.2, 0) is 16.4 Å². The predicted molar refractivity (Wildman–Crippen MR) is 107 cm³/mol. The summed E-state index contributed by atoms with van der Waals surface area (Å²) in [5.41, 5.74) is 3.40. The summed E-state index contributed by atoms with van der Waals surface area (Å²) < 4.78 is 23.5. The molecule has 1 amide bonds. The summed E-state index contributed by atoms with van der Waals surface area (Å²) in [4.78, 5) is 18.6. The first-order valence-electron chi connectivity index (χ1n) is 9.15. The molecule has 2 heterocycles. The largest absolute Gasteiger partial charge is 0.367 e. The van der Waals surface area contributed by atoms with Gasteiger partial charge in [-0.15, -0.1) is 0 Å². The summed E-state index contributed by atoms with van der Waals surface area (Å²) in [6, 6.07) is 11.5. The molecule has 6 nitrogen and oxygen atoms in total. The average molecular weight is 388 g/mol. The van der Waals surface area contributed by atoms with Crippen LogP contribution in [0.1, 0.15) is 35.0 Å².